The highest BCUT2D eigenvalue weighted by Crippen LogP contribution is 2.20. The number of benzene rings is 2. The summed E-state index contributed by atoms with van der Waals surface area (Å²) in [5.41, 5.74) is 8.55. The maximum atomic E-state index is 12.7. The lowest BCUT2D eigenvalue weighted by molar-refractivity contribution is -0.117. The van der Waals surface area contributed by atoms with E-state index < -0.39 is 0 Å². The van der Waals surface area contributed by atoms with E-state index in [0.717, 1.165) is 5.56 Å². The molecule has 0 radical (unpaired) electrons. The number of halogens is 1. The first kappa shape index (κ1) is 19.2. The summed E-state index contributed by atoms with van der Waals surface area (Å²) >= 11 is 6.07. The van der Waals surface area contributed by atoms with Gasteiger partial charge in [0.1, 0.15) is 0 Å². The molecule has 3 N–H and O–H groups in total. The van der Waals surface area contributed by atoms with E-state index in [1.165, 1.54) is 0 Å². The second-order valence-electron chi connectivity index (χ2n) is 6.67. The van der Waals surface area contributed by atoms with Gasteiger partial charge in [0, 0.05) is 37.4 Å². The SMILES string of the molecule is Cc1ccc(N)cc1C(=O)N1CCN(CC(=O)Nc2ccccc2Cl)CC1. The van der Waals surface area contributed by atoms with Crippen LogP contribution in [0.5, 0.6) is 0 Å². The fourth-order valence-corrected chi connectivity index (χ4v) is 3.29. The number of rotatable bonds is 4. The van der Waals surface area contributed by atoms with E-state index in [9.17, 15) is 9.59 Å². The number of aryl methyl sites for hydroxylation is 1. The van der Waals surface area contributed by atoms with Gasteiger partial charge < -0.3 is 16.0 Å². The van der Waals surface area contributed by atoms with Crippen molar-refractivity contribution in [1.29, 1.82) is 0 Å². The van der Waals surface area contributed by atoms with E-state index in [2.05, 4.69) is 5.32 Å². The van der Waals surface area contributed by atoms with Crippen LogP contribution in [0.2, 0.25) is 5.02 Å². The zero-order chi connectivity index (χ0) is 19.4. The second kappa shape index (κ2) is 8.41. The van der Waals surface area contributed by atoms with Crippen LogP contribution >= 0.6 is 11.6 Å². The fourth-order valence-electron chi connectivity index (χ4n) is 3.10. The Morgan fingerprint density at radius 3 is 2.52 bits per heavy atom. The smallest absolute Gasteiger partial charge is 0.254 e. The minimum atomic E-state index is -0.116. The van der Waals surface area contributed by atoms with Crippen LogP contribution in [0.3, 0.4) is 0 Å². The summed E-state index contributed by atoms with van der Waals surface area (Å²) in [6.45, 7) is 4.61. The zero-order valence-corrected chi connectivity index (χ0v) is 16.0. The molecule has 0 atom stereocenters. The molecule has 27 heavy (non-hydrogen) atoms. The molecule has 2 aromatic rings. The highest BCUT2D eigenvalue weighted by molar-refractivity contribution is 6.33. The first-order valence-corrected chi connectivity index (χ1v) is 9.24. The van der Waals surface area contributed by atoms with Crippen LogP contribution in [0.4, 0.5) is 11.4 Å². The molecule has 6 nitrogen and oxygen atoms in total. The van der Waals surface area contributed by atoms with Crippen LogP contribution in [-0.2, 0) is 4.79 Å². The van der Waals surface area contributed by atoms with E-state index in [1.807, 2.05) is 34.9 Å². The summed E-state index contributed by atoms with van der Waals surface area (Å²) in [5.74, 6) is -0.130. The van der Waals surface area contributed by atoms with Crippen LogP contribution in [0.1, 0.15) is 15.9 Å². The molecule has 0 bridgehead atoms. The third kappa shape index (κ3) is 4.78. The van der Waals surface area contributed by atoms with Gasteiger partial charge in [-0.1, -0.05) is 29.8 Å². The molecule has 0 aliphatic carbocycles. The van der Waals surface area contributed by atoms with E-state index in [0.29, 0.717) is 48.1 Å². The van der Waals surface area contributed by atoms with Crippen LogP contribution in [-0.4, -0.2) is 54.3 Å². The quantitative estimate of drug-likeness (QED) is 0.792. The van der Waals surface area contributed by atoms with Crippen LogP contribution < -0.4 is 11.1 Å². The Hall–Kier alpha value is -2.57. The lowest BCUT2D eigenvalue weighted by Crippen LogP contribution is -2.50. The van der Waals surface area contributed by atoms with E-state index >= 15 is 0 Å². The van der Waals surface area contributed by atoms with Crippen molar-refractivity contribution in [1.82, 2.24) is 9.80 Å². The highest BCUT2D eigenvalue weighted by Gasteiger charge is 2.24. The first-order valence-electron chi connectivity index (χ1n) is 8.86. The molecule has 0 spiro atoms. The Morgan fingerprint density at radius 1 is 1.11 bits per heavy atom. The molecule has 1 saturated heterocycles. The third-order valence-corrected chi connectivity index (χ3v) is 5.00. The Kier molecular flexibility index (Phi) is 5.98. The monoisotopic (exact) mass is 386 g/mol. The molecular formula is C20H23ClN4O2. The third-order valence-electron chi connectivity index (χ3n) is 4.67. The standard InChI is InChI=1S/C20H23ClN4O2/c1-14-6-7-15(22)12-16(14)20(27)25-10-8-24(9-11-25)13-19(26)23-18-5-3-2-4-17(18)21/h2-7,12H,8-11,13,22H2,1H3,(H,23,26). The molecule has 0 saturated carbocycles. The van der Waals surface area contributed by atoms with Crippen molar-refractivity contribution in [3.8, 4) is 0 Å². The van der Waals surface area contributed by atoms with Gasteiger partial charge in [0.05, 0.1) is 17.3 Å². The number of amides is 2. The molecule has 7 heteroatoms. The minimum absolute atomic E-state index is 0.0139. The van der Waals surface area contributed by atoms with Gasteiger partial charge in [0.15, 0.2) is 0 Å². The van der Waals surface area contributed by atoms with Gasteiger partial charge in [-0.3, -0.25) is 14.5 Å². The molecule has 1 heterocycles. The number of nitrogens with one attached hydrogen (secondary N) is 1. The lowest BCUT2D eigenvalue weighted by Gasteiger charge is -2.34. The van der Waals surface area contributed by atoms with Crippen molar-refractivity contribution in [3.05, 3.63) is 58.6 Å². The van der Waals surface area contributed by atoms with Crippen molar-refractivity contribution in [2.75, 3.05) is 43.8 Å². The highest BCUT2D eigenvalue weighted by atomic mass is 35.5. The normalized spacial score (nSPS) is 14.8. The van der Waals surface area contributed by atoms with Gasteiger partial charge >= 0.3 is 0 Å². The van der Waals surface area contributed by atoms with Crippen LogP contribution in [0, 0.1) is 6.92 Å². The van der Waals surface area contributed by atoms with Gasteiger partial charge in [0.25, 0.3) is 5.91 Å². The molecule has 0 aromatic heterocycles. The lowest BCUT2D eigenvalue weighted by atomic mass is 10.1. The molecule has 2 amide bonds. The maximum Gasteiger partial charge on any atom is 0.254 e. The van der Waals surface area contributed by atoms with Gasteiger partial charge in [0.2, 0.25) is 5.91 Å². The molecule has 1 fully saturated rings. The number of nitrogens with zero attached hydrogens (tertiary/aromatic N) is 2. The van der Waals surface area contributed by atoms with Crippen LogP contribution in [0.15, 0.2) is 42.5 Å². The number of nitrogen functional groups attached to an aromatic ring is 1. The molecule has 1 aliphatic rings. The minimum Gasteiger partial charge on any atom is -0.399 e. The van der Waals surface area contributed by atoms with Crippen molar-refractivity contribution in [3.63, 3.8) is 0 Å². The van der Waals surface area contributed by atoms with Crippen molar-refractivity contribution in [2.24, 2.45) is 0 Å². The number of hydrogen-bond donors (Lipinski definition) is 2. The van der Waals surface area contributed by atoms with Gasteiger partial charge in [-0.25, -0.2) is 0 Å². The summed E-state index contributed by atoms with van der Waals surface area (Å²) in [6.07, 6.45) is 0. The molecule has 3 rings (SSSR count). The average Bonchev–Trinajstić information content (AvgIpc) is 2.65. The average molecular weight is 387 g/mol. The van der Waals surface area contributed by atoms with Gasteiger partial charge in [-0.2, -0.15) is 0 Å². The Labute approximate surface area is 163 Å². The summed E-state index contributed by atoms with van der Waals surface area (Å²) in [7, 11) is 0. The second-order valence-corrected chi connectivity index (χ2v) is 7.08. The number of para-hydroxylation sites is 1. The summed E-state index contributed by atoms with van der Waals surface area (Å²) in [6, 6.07) is 12.5. The molecule has 2 aromatic carbocycles. The predicted octanol–water partition coefficient (Wildman–Crippen LogP) is 2.63. The van der Waals surface area contributed by atoms with Crippen molar-refractivity contribution in [2.45, 2.75) is 6.92 Å². The van der Waals surface area contributed by atoms with E-state index in [-0.39, 0.29) is 18.4 Å². The molecule has 1 aliphatic heterocycles. The number of carbonyl (C=O) groups excluding carboxylic acids is 2. The Bertz CT molecular complexity index is 848. The Morgan fingerprint density at radius 2 is 1.81 bits per heavy atom. The largest absolute Gasteiger partial charge is 0.399 e. The maximum absolute atomic E-state index is 12.7. The van der Waals surface area contributed by atoms with Crippen molar-refractivity contribution < 1.29 is 9.59 Å². The van der Waals surface area contributed by atoms with Crippen molar-refractivity contribution >= 4 is 34.8 Å². The molecule has 0 unspecified atom stereocenters. The first-order chi connectivity index (χ1) is 12.9. The number of piperazine rings is 1. The zero-order valence-electron chi connectivity index (χ0n) is 15.2. The number of nitrogens with two attached hydrogens (primary N) is 1. The summed E-state index contributed by atoms with van der Waals surface area (Å²) in [5, 5.41) is 3.34. The number of hydrogen-bond acceptors (Lipinski definition) is 4. The summed E-state index contributed by atoms with van der Waals surface area (Å²) < 4.78 is 0. The molecule has 142 valence electrons. The fraction of sp³-hybridized carbons (Fsp3) is 0.300. The van der Waals surface area contributed by atoms with Gasteiger partial charge in [-0.15, -0.1) is 0 Å². The number of carbonyl (C=O) groups is 2. The van der Waals surface area contributed by atoms with E-state index in [1.54, 1.807) is 24.3 Å². The van der Waals surface area contributed by atoms with Crippen LogP contribution in [0.25, 0.3) is 0 Å². The summed E-state index contributed by atoms with van der Waals surface area (Å²) in [4.78, 5) is 28.8. The topological polar surface area (TPSA) is 78.7 Å². The molecular weight excluding hydrogens is 364 g/mol. The van der Waals surface area contributed by atoms with Gasteiger partial charge in [-0.05, 0) is 36.8 Å². The predicted molar refractivity (Wildman–Crippen MR) is 108 cm³/mol. The Balaban J connectivity index is 1.53. The van der Waals surface area contributed by atoms with E-state index in [4.69, 9.17) is 17.3 Å². The number of anilines is 2.